The molecule has 112 valence electrons. The number of rotatable bonds is 8. The summed E-state index contributed by atoms with van der Waals surface area (Å²) in [5.41, 5.74) is 0. The molecular formula is C17H21O3P. The topological polar surface area (TPSA) is 27.7 Å². The summed E-state index contributed by atoms with van der Waals surface area (Å²) in [5, 5.41) is 0. The van der Waals surface area contributed by atoms with E-state index in [1.54, 1.807) is 0 Å². The highest BCUT2D eigenvalue weighted by Gasteiger charge is 2.35. The van der Waals surface area contributed by atoms with Crippen LogP contribution in [0.15, 0.2) is 60.7 Å². The molecule has 0 aliphatic heterocycles. The van der Waals surface area contributed by atoms with Crippen molar-refractivity contribution < 1.29 is 14.0 Å². The summed E-state index contributed by atoms with van der Waals surface area (Å²) in [6.07, 6.45) is 2.61. The molecule has 0 saturated heterocycles. The molecule has 2 rings (SSSR count). The maximum Gasteiger partial charge on any atom is 0.374 e. The Kier molecular flexibility index (Phi) is 6.04. The minimum Gasteiger partial charge on any atom is -0.430 e. The summed E-state index contributed by atoms with van der Waals surface area (Å²) >= 11 is 0. The fourth-order valence-corrected chi connectivity index (χ4v) is 2.17. The van der Waals surface area contributed by atoms with Gasteiger partial charge in [-0.2, -0.15) is 0 Å². The lowest BCUT2D eigenvalue weighted by Gasteiger charge is -2.32. The molecule has 1 unspecified atom stereocenters. The van der Waals surface area contributed by atoms with Gasteiger partial charge >= 0.3 is 5.97 Å². The summed E-state index contributed by atoms with van der Waals surface area (Å²) in [7, 11) is 2.26. The minimum atomic E-state index is -1.14. The Morgan fingerprint density at radius 2 is 1.33 bits per heavy atom. The maximum atomic E-state index is 5.99. The van der Waals surface area contributed by atoms with Crippen molar-refractivity contribution >= 4 is 9.47 Å². The molecular weight excluding hydrogens is 283 g/mol. The van der Waals surface area contributed by atoms with Crippen LogP contribution in [0.2, 0.25) is 0 Å². The predicted molar refractivity (Wildman–Crippen MR) is 87.2 cm³/mol. The molecule has 0 N–H and O–H groups in total. The second-order valence-electron chi connectivity index (χ2n) is 4.73. The van der Waals surface area contributed by atoms with Crippen LogP contribution in [0, 0.1) is 0 Å². The smallest absolute Gasteiger partial charge is 0.374 e. The SMILES string of the molecule is CCCCC(OP)(Oc1ccccc1)Oc1ccccc1. The molecule has 21 heavy (non-hydrogen) atoms. The van der Waals surface area contributed by atoms with E-state index in [2.05, 4.69) is 16.4 Å². The van der Waals surface area contributed by atoms with Crippen LogP contribution in [-0.2, 0) is 4.52 Å². The van der Waals surface area contributed by atoms with Crippen LogP contribution in [0.5, 0.6) is 11.5 Å². The Bertz CT molecular complexity index is 475. The second-order valence-corrected chi connectivity index (χ2v) is 4.97. The Balaban J connectivity index is 2.20. The first kappa shape index (κ1) is 15.8. The van der Waals surface area contributed by atoms with Gasteiger partial charge in [-0.1, -0.05) is 49.7 Å². The van der Waals surface area contributed by atoms with Crippen molar-refractivity contribution in [3.8, 4) is 11.5 Å². The van der Waals surface area contributed by atoms with E-state index < -0.39 is 5.97 Å². The molecule has 0 radical (unpaired) electrons. The van der Waals surface area contributed by atoms with Gasteiger partial charge in [0, 0.05) is 9.47 Å². The van der Waals surface area contributed by atoms with Gasteiger partial charge < -0.3 is 9.47 Å². The van der Waals surface area contributed by atoms with Crippen molar-refractivity contribution in [3.05, 3.63) is 60.7 Å². The molecule has 2 aromatic carbocycles. The summed E-state index contributed by atoms with van der Waals surface area (Å²) in [5.74, 6) is 0.294. The monoisotopic (exact) mass is 304 g/mol. The van der Waals surface area contributed by atoms with E-state index in [9.17, 15) is 0 Å². The van der Waals surface area contributed by atoms with E-state index in [0.717, 1.165) is 12.8 Å². The van der Waals surface area contributed by atoms with Crippen molar-refractivity contribution in [2.75, 3.05) is 0 Å². The van der Waals surface area contributed by atoms with E-state index in [1.165, 1.54) is 0 Å². The zero-order valence-corrected chi connectivity index (χ0v) is 13.4. The first-order valence-corrected chi connectivity index (χ1v) is 7.61. The number of hydrogen-bond acceptors (Lipinski definition) is 3. The van der Waals surface area contributed by atoms with Crippen LogP contribution in [0.25, 0.3) is 0 Å². The Hall–Kier alpha value is -1.57. The molecule has 3 nitrogen and oxygen atoms in total. The van der Waals surface area contributed by atoms with Crippen molar-refractivity contribution in [1.29, 1.82) is 0 Å². The van der Waals surface area contributed by atoms with Crippen LogP contribution < -0.4 is 9.47 Å². The highest BCUT2D eigenvalue weighted by atomic mass is 31.0. The molecule has 2 aromatic rings. The van der Waals surface area contributed by atoms with Crippen molar-refractivity contribution in [2.24, 2.45) is 0 Å². The lowest BCUT2D eigenvalue weighted by Crippen LogP contribution is -2.43. The molecule has 0 fully saturated rings. The van der Waals surface area contributed by atoms with Crippen LogP contribution in [0.3, 0.4) is 0 Å². The summed E-state index contributed by atoms with van der Waals surface area (Å²) in [4.78, 5) is 0. The van der Waals surface area contributed by atoms with E-state index >= 15 is 0 Å². The molecule has 4 heteroatoms. The number of hydrogen-bond donors (Lipinski definition) is 0. The van der Waals surface area contributed by atoms with Crippen LogP contribution in [0.4, 0.5) is 0 Å². The maximum absolute atomic E-state index is 5.99. The standard InChI is InChI=1S/C17H21O3P/c1-2-3-14-17(20-21,18-15-10-6-4-7-11-15)19-16-12-8-5-9-13-16/h4-13H,2-3,14,21H2,1H3. The molecule has 0 amide bonds. The third-order valence-corrected chi connectivity index (χ3v) is 3.41. The molecule has 1 atom stereocenters. The normalized spacial score (nSPS) is 11.1. The Labute approximate surface area is 128 Å². The molecule has 0 aliphatic carbocycles. The van der Waals surface area contributed by atoms with Crippen molar-refractivity contribution in [2.45, 2.75) is 32.2 Å². The average molecular weight is 304 g/mol. The number of para-hydroxylation sites is 2. The van der Waals surface area contributed by atoms with Crippen molar-refractivity contribution in [1.82, 2.24) is 0 Å². The predicted octanol–water partition coefficient (Wildman–Crippen LogP) is 4.80. The lowest BCUT2D eigenvalue weighted by atomic mass is 10.2. The number of unbranched alkanes of at least 4 members (excludes halogenated alkanes) is 1. The van der Waals surface area contributed by atoms with Gasteiger partial charge in [0.15, 0.2) is 0 Å². The van der Waals surface area contributed by atoms with Gasteiger partial charge in [-0.25, -0.2) is 0 Å². The van der Waals surface area contributed by atoms with Crippen LogP contribution in [0.1, 0.15) is 26.2 Å². The molecule has 0 heterocycles. The largest absolute Gasteiger partial charge is 0.430 e. The first-order chi connectivity index (χ1) is 10.3. The second kappa shape index (κ2) is 8.02. The van der Waals surface area contributed by atoms with Crippen LogP contribution >= 0.6 is 9.47 Å². The van der Waals surface area contributed by atoms with Gasteiger partial charge in [-0.05, 0) is 30.7 Å². The molecule has 0 spiro atoms. The number of ether oxygens (including phenoxy) is 2. The number of benzene rings is 2. The van der Waals surface area contributed by atoms with Gasteiger partial charge in [-0.3, -0.25) is 4.52 Å². The molecule has 0 aromatic heterocycles. The fraction of sp³-hybridized carbons (Fsp3) is 0.294. The zero-order valence-electron chi connectivity index (χ0n) is 12.2. The van der Waals surface area contributed by atoms with Gasteiger partial charge in [0.1, 0.15) is 11.5 Å². The third kappa shape index (κ3) is 4.73. The molecule has 0 saturated carbocycles. The van der Waals surface area contributed by atoms with E-state index in [-0.39, 0.29) is 0 Å². The van der Waals surface area contributed by atoms with E-state index in [0.29, 0.717) is 17.9 Å². The van der Waals surface area contributed by atoms with E-state index in [4.69, 9.17) is 14.0 Å². The van der Waals surface area contributed by atoms with Gasteiger partial charge in [0.25, 0.3) is 0 Å². The highest BCUT2D eigenvalue weighted by molar-refractivity contribution is 7.09. The van der Waals surface area contributed by atoms with E-state index in [1.807, 2.05) is 60.7 Å². The van der Waals surface area contributed by atoms with Gasteiger partial charge in [0.2, 0.25) is 0 Å². The molecule has 0 bridgehead atoms. The van der Waals surface area contributed by atoms with Crippen molar-refractivity contribution in [3.63, 3.8) is 0 Å². The fourth-order valence-electron chi connectivity index (χ4n) is 1.96. The van der Waals surface area contributed by atoms with Gasteiger partial charge in [-0.15, -0.1) is 0 Å². The van der Waals surface area contributed by atoms with Crippen LogP contribution in [-0.4, -0.2) is 5.97 Å². The molecule has 0 aliphatic rings. The minimum absolute atomic E-state index is 0.636. The zero-order chi connectivity index (χ0) is 15.0. The summed E-state index contributed by atoms with van der Waals surface area (Å²) in [6.45, 7) is 2.12. The average Bonchev–Trinajstić information content (AvgIpc) is 2.54. The van der Waals surface area contributed by atoms with Gasteiger partial charge in [0.05, 0.1) is 6.42 Å². The first-order valence-electron chi connectivity index (χ1n) is 7.14. The Morgan fingerprint density at radius 1 is 0.857 bits per heavy atom. The lowest BCUT2D eigenvalue weighted by molar-refractivity contribution is -0.250. The highest BCUT2D eigenvalue weighted by Crippen LogP contribution is 2.30. The Morgan fingerprint density at radius 3 is 1.71 bits per heavy atom. The summed E-state index contributed by atoms with van der Waals surface area (Å²) < 4.78 is 17.5. The third-order valence-electron chi connectivity index (χ3n) is 3.05. The summed E-state index contributed by atoms with van der Waals surface area (Å²) in [6, 6.07) is 19.1. The quantitative estimate of drug-likeness (QED) is 0.518.